The second-order valence-corrected chi connectivity index (χ2v) is 3.61. The topological polar surface area (TPSA) is 61.7 Å². The summed E-state index contributed by atoms with van der Waals surface area (Å²) in [6.07, 6.45) is 4.58. The molecule has 2 heterocycles. The van der Waals surface area contributed by atoms with Crippen LogP contribution in [0.5, 0.6) is 0 Å². The highest BCUT2D eigenvalue weighted by Gasteiger charge is 2.15. The third-order valence-corrected chi connectivity index (χ3v) is 2.49. The van der Waals surface area contributed by atoms with Gasteiger partial charge in [0.25, 0.3) is 0 Å². The number of nitrogens with zero attached hydrogens (tertiary/aromatic N) is 4. The molecular weight excluding hydrogens is 190 g/mol. The van der Waals surface area contributed by atoms with Crippen molar-refractivity contribution in [2.45, 2.75) is 13.3 Å². The van der Waals surface area contributed by atoms with Gasteiger partial charge in [0.15, 0.2) is 0 Å². The van der Waals surface area contributed by atoms with E-state index in [1.54, 1.807) is 11.0 Å². The number of rotatable bonds is 2. The molecule has 80 valence electrons. The minimum absolute atomic E-state index is 0.721. The Bertz CT molecular complexity index is 480. The number of anilines is 1. The largest absolute Gasteiger partial charge is 0.384 e. The van der Waals surface area contributed by atoms with E-state index in [-0.39, 0.29) is 0 Å². The van der Waals surface area contributed by atoms with E-state index < -0.39 is 0 Å². The molecule has 0 unspecified atom stereocenters. The zero-order valence-corrected chi connectivity index (χ0v) is 9.23. The third-order valence-electron chi connectivity index (χ3n) is 2.49. The van der Waals surface area contributed by atoms with Crippen molar-refractivity contribution >= 4 is 5.82 Å². The molecule has 0 fully saturated rings. The smallest absolute Gasteiger partial charge is 0.125 e. The summed E-state index contributed by atoms with van der Waals surface area (Å²) in [6.45, 7) is 2.07. The Labute approximate surface area is 88.5 Å². The number of imidazole rings is 1. The van der Waals surface area contributed by atoms with Crippen LogP contribution in [0, 0.1) is 0 Å². The molecule has 5 heteroatoms. The second-order valence-electron chi connectivity index (χ2n) is 3.61. The van der Waals surface area contributed by atoms with Crippen LogP contribution in [-0.4, -0.2) is 19.3 Å². The molecule has 0 aliphatic carbocycles. The lowest BCUT2D eigenvalue weighted by molar-refractivity contribution is 0.781. The van der Waals surface area contributed by atoms with Gasteiger partial charge in [-0.1, -0.05) is 6.92 Å². The van der Waals surface area contributed by atoms with Crippen molar-refractivity contribution in [2.24, 2.45) is 14.1 Å². The van der Waals surface area contributed by atoms with Crippen LogP contribution in [0.3, 0.4) is 0 Å². The quantitative estimate of drug-likeness (QED) is 0.794. The van der Waals surface area contributed by atoms with Crippen LogP contribution < -0.4 is 5.73 Å². The number of aryl methyl sites for hydroxylation is 2. The van der Waals surface area contributed by atoms with E-state index in [9.17, 15) is 0 Å². The minimum atomic E-state index is 0.721. The Kier molecular flexibility index (Phi) is 2.22. The Morgan fingerprint density at radius 1 is 1.40 bits per heavy atom. The van der Waals surface area contributed by atoms with Crippen LogP contribution >= 0.6 is 0 Å². The summed E-state index contributed by atoms with van der Waals surface area (Å²) < 4.78 is 3.60. The number of hydrogen-bond donors (Lipinski definition) is 1. The Morgan fingerprint density at radius 3 is 2.67 bits per heavy atom. The molecule has 0 aliphatic heterocycles. The van der Waals surface area contributed by atoms with Crippen molar-refractivity contribution in [1.82, 2.24) is 19.3 Å². The first kappa shape index (κ1) is 9.76. The first-order valence-electron chi connectivity index (χ1n) is 4.93. The fraction of sp³-hybridized carbons (Fsp3) is 0.400. The van der Waals surface area contributed by atoms with Crippen LogP contribution in [0.15, 0.2) is 12.5 Å². The zero-order valence-electron chi connectivity index (χ0n) is 9.23. The third kappa shape index (κ3) is 1.49. The molecule has 2 rings (SSSR count). The first-order valence-corrected chi connectivity index (χ1v) is 4.93. The highest BCUT2D eigenvalue weighted by Crippen LogP contribution is 2.25. The van der Waals surface area contributed by atoms with Gasteiger partial charge < -0.3 is 10.3 Å². The van der Waals surface area contributed by atoms with Crippen molar-refractivity contribution in [3.05, 3.63) is 18.1 Å². The van der Waals surface area contributed by atoms with Gasteiger partial charge >= 0.3 is 0 Å². The maximum atomic E-state index is 5.92. The molecule has 0 atom stereocenters. The Hall–Kier alpha value is -1.78. The normalized spacial score (nSPS) is 10.9. The highest BCUT2D eigenvalue weighted by atomic mass is 15.3. The van der Waals surface area contributed by atoms with Crippen molar-refractivity contribution < 1.29 is 0 Å². The molecular formula is C10H15N5. The summed E-state index contributed by atoms with van der Waals surface area (Å²) in [7, 11) is 3.79. The van der Waals surface area contributed by atoms with E-state index in [1.165, 1.54) is 0 Å². The second kappa shape index (κ2) is 3.42. The maximum absolute atomic E-state index is 5.92. The molecule has 0 aromatic carbocycles. The predicted molar refractivity (Wildman–Crippen MR) is 59.2 cm³/mol. The van der Waals surface area contributed by atoms with Crippen LogP contribution in [0.4, 0.5) is 5.82 Å². The molecule has 0 saturated carbocycles. The lowest BCUT2D eigenvalue weighted by Crippen LogP contribution is -1.98. The lowest BCUT2D eigenvalue weighted by atomic mass is 10.1. The van der Waals surface area contributed by atoms with Crippen LogP contribution in [0.2, 0.25) is 0 Å². The van der Waals surface area contributed by atoms with E-state index in [4.69, 9.17) is 5.73 Å². The average Bonchev–Trinajstić information content (AvgIpc) is 2.73. The molecule has 0 radical (unpaired) electrons. The maximum Gasteiger partial charge on any atom is 0.125 e. The van der Waals surface area contributed by atoms with Gasteiger partial charge in [-0.25, -0.2) is 4.98 Å². The molecule has 15 heavy (non-hydrogen) atoms. The number of nitrogen functional groups attached to an aromatic ring is 1. The molecule has 5 nitrogen and oxygen atoms in total. The summed E-state index contributed by atoms with van der Waals surface area (Å²) in [5, 5.41) is 4.38. The standard InChI is InChI=1S/C10H15N5/c1-4-7-9(13-15(3)10(7)11)8-5-14(2)6-12-8/h5-6H,4,11H2,1-3H3. The zero-order chi connectivity index (χ0) is 11.0. The van der Waals surface area contributed by atoms with Gasteiger partial charge in [-0.2, -0.15) is 5.10 Å². The van der Waals surface area contributed by atoms with Crippen molar-refractivity contribution in [2.75, 3.05) is 5.73 Å². The van der Waals surface area contributed by atoms with Gasteiger partial charge in [-0.15, -0.1) is 0 Å². The summed E-state index contributed by atoms with van der Waals surface area (Å²) in [5.41, 5.74) is 8.75. The van der Waals surface area contributed by atoms with E-state index in [0.29, 0.717) is 0 Å². The average molecular weight is 205 g/mol. The molecule has 0 bridgehead atoms. The number of aromatic nitrogens is 4. The Morgan fingerprint density at radius 2 is 2.13 bits per heavy atom. The number of nitrogens with two attached hydrogens (primary N) is 1. The highest BCUT2D eigenvalue weighted by molar-refractivity contribution is 5.64. The Balaban J connectivity index is 2.57. The molecule has 2 aromatic heterocycles. The van der Waals surface area contributed by atoms with Crippen molar-refractivity contribution in [3.63, 3.8) is 0 Å². The fourth-order valence-electron chi connectivity index (χ4n) is 1.67. The van der Waals surface area contributed by atoms with Gasteiger partial charge in [-0.3, -0.25) is 4.68 Å². The molecule has 2 N–H and O–H groups in total. The molecule has 0 amide bonds. The fourth-order valence-corrected chi connectivity index (χ4v) is 1.67. The summed E-state index contributed by atoms with van der Waals surface area (Å²) in [4.78, 5) is 4.28. The van der Waals surface area contributed by atoms with Crippen molar-refractivity contribution in [3.8, 4) is 11.4 Å². The molecule has 0 aliphatic rings. The van der Waals surface area contributed by atoms with Gasteiger partial charge in [-0.05, 0) is 6.42 Å². The van der Waals surface area contributed by atoms with E-state index in [1.807, 2.05) is 24.9 Å². The van der Waals surface area contributed by atoms with Gasteiger partial charge in [0.1, 0.15) is 17.2 Å². The van der Waals surface area contributed by atoms with E-state index in [2.05, 4.69) is 17.0 Å². The summed E-state index contributed by atoms with van der Waals surface area (Å²) in [5.74, 6) is 0.721. The van der Waals surface area contributed by atoms with Crippen LogP contribution in [-0.2, 0) is 20.5 Å². The molecule has 2 aromatic rings. The molecule has 0 saturated heterocycles. The summed E-state index contributed by atoms with van der Waals surface area (Å²) >= 11 is 0. The minimum Gasteiger partial charge on any atom is -0.384 e. The van der Waals surface area contributed by atoms with Gasteiger partial charge in [0.05, 0.1) is 6.33 Å². The number of hydrogen-bond acceptors (Lipinski definition) is 3. The molecule has 0 spiro atoms. The van der Waals surface area contributed by atoms with Crippen LogP contribution in [0.25, 0.3) is 11.4 Å². The lowest BCUT2D eigenvalue weighted by Gasteiger charge is -1.96. The SMILES string of the molecule is CCc1c(-c2cn(C)cn2)nn(C)c1N. The van der Waals surface area contributed by atoms with E-state index >= 15 is 0 Å². The van der Waals surface area contributed by atoms with E-state index in [0.717, 1.165) is 29.2 Å². The van der Waals surface area contributed by atoms with Gasteiger partial charge in [0.2, 0.25) is 0 Å². The first-order chi connectivity index (χ1) is 7.13. The van der Waals surface area contributed by atoms with Crippen molar-refractivity contribution in [1.29, 1.82) is 0 Å². The summed E-state index contributed by atoms with van der Waals surface area (Å²) in [6, 6.07) is 0. The monoisotopic (exact) mass is 205 g/mol. The van der Waals surface area contributed by atoms with Crippen LogP contribution in [0.1, 0.15) is 12.5 Å². The predicted octanol–water partition coefficient (Wildman–Crippen LogP) is 0.965. The van der Waals surface area contributed by atoms with Gasteiger partial charge in [0, 0.05) is 25.9 Å².